The fourth-order valence-electron chi connectivity index (χ4n) is 2.74. The summed E-state index contributed by atoms with van der Waals surface area (Å²) in [4.78, 5) is 12.2. The Morgan fingerprint density at radius 2 is 1.82 bits per heavy atom. The predicted molar refractivity (Wildman–Crippen MR) is 110 cm³/mol. The van der Waals surface area contributed by atoms with Crippen molar-refractivity contribution in [2.45, 2.75) is 11.8 Å². The lowest BCUT2D eigenvalue weighted by Gasteiger charge is -2.26. The zero-order chi connectivity index (χ0) is 20.1. The van der Waals surface area contributed by atoms with Crippen LogP contribution < -0.4 is 5.32 Å². The number of anilines is 1. The minimum Gasteiger partial charge on any atom is -0.379 e. The van der Waals surface area contributed by atoms with Crippen molar-refractivity contribution in [3.05, 3.63) is 64.7 Å². The van der Waals surface area contributed by atoms with E-state index in [1.165, 1.54) is 22.5 Å². The fourth-order valence-corrected chi connectivity index (χ4v) is 4.65. The number of hydrogen-bond donors (Lipinski definition) is 1. The van der Waals surface area contributed by atoms with E-state index in [0.717, 1.165) is 11.1 Å². The third kappa shape index (κ3) is 4.99. The van der Waals surface area contributed by atoms with Crippen molar-refractivity contribution >= 4 is 39.3 Å². The van der Waals surface area contributed by atoms with Crippen LogP contribution in [0.1, 0.15) is 11.1 Å². The molecule has 0 bridgehead atoms. The lowest BCUT2D eigenvalue weighted by Crippen LogP contribution is -2.40. The average molecular weight is 421 g/mol. The summed E-state index contributed by atoms with van der Waals surface area (Å²) in [5.74, 6) is -0.363. The smallest absolute Gasteiger partial charge is 0.248 e. The van der Waals surface area contributed by atoms with Crippen molar-refractivity contribution in [3.63, 3.8) is 0 Å². The number of sulfonamides is 1. The molecule has 1 aliphatic rings. The first-order valence-electron chi connectivity index (χ1n) is 8.79. The first kappa shape index (κ1) is 20.5. The van der Waals surface area contributed by atoms with Crippen LogP contribution in [0.2, 0.25) is 5.02 Å². The zero-order valence-corrected chi connectivity index (χ0v) is 17.0. The van der Waals surface area contributed by atoms with E-state index >= 15 is 0 Å². The molecule has 0 radical (unpaired) electrons. The highest BCUT2D eigenvalue weighted by Gasteiger charge is 2.28. The van der Waals surface area contributed by atoms with Gasteiger partial charge < -0.3 is 10.1 Å². The second kappa shape index (κ2) is 8.87. The monoisotopic (exact) mass is 420 g/mol. The average Bonchev–Trinajstić information content (AvgIpc) is 2.69. The van der Waals surface area contributed by atoms with Crippen LogP contribution in [-0.2, 0) is 19.6 Å². The van der Waals surface area contributed by atoms with Gasteiger partial charge in [0.25, 0.3) is 0 Å². The minimum absolute atomic E-state index is 0.0311. The number of morpholine rings is 1. The number of aryl methyl sites for hydroxylation is 1. The van der Waals surface area contributed by atoms with Crippen LogP contribution >= 0.6 is 11.6 Å². The van der Waals surface area contributed by atoms with Crippen LogP contribution in [-0.4, -0.2) is 44.9 Å². The van der Waals surface area contributed by atoms with Crippen LogP contribution in [0.25, 0.3) is 6.08 Å². The predicted octanol–water partition coefficient (Wildman–Crippen LogP) is 3.32. The Bertz CT molecular complexity index is 982. The second-order valence-electron chi connectivity index (χ2n) is 6.39. The first-order chi connectivity index (χ1) is 13.4. The molecule has 1 saturated heterocycles. The molecule has 8 heteroatoms. The van der Waals surface area contributed by atoms with E-state index < -0.39 is 10.0 Å². The summed E-state index contributed by atoms with van der Waals surface area (Å²) in [7, 11) is -3.76. The lowest BCUT2D eigenvalue weighted by atomic mass is 10.1. The van der Waals surface area contributed by atoms with Gasteiger partial charge in [-0.15, -0.1) is 0 Å². The maximum atomic E-state index is 12.8. The number of hydrogen-bond acceptors (Lipinski definition) is 4. The summed E-state index contributed by atoms with van der Waals surface area (Å²) < 4.78 is 32.2. The Balaban J connectivity index is 1.75. The Morgan fingerprint density at radius 3 is 2.50 bits per heavy atom. The van der Waals surface area contributed by atoms with Crippen molar-refractivity contribution in [3.8, 4) is 0 Å². The van der Waals surface area contributed by atoms with Gasteiger partial charge in [-0.05, 0) is 36.8 Å². The molecule has 6 nitrogen and oxygen atoms in total. The molecule has 1 aliphatic heterocycles. The number of benzene rings is 2. The highest BCUT2D eigenvalue weighted by Crippen LogP contribution is 2.28. The van der Waals surface area contributed by atoms with Gasteiger partial charge in [0.1, 0.15) is 4.90 Å². The quantitative estimate of drug-likeness (QED) is 0.753. The summed E-state index contributed by atoms with van der Waals surface area (Å²) in [5.41, 5.74) is 2.39. The third-order valence-corrected chi connectivity index (χ3v) is 6.67. The van der Waals surface area contributed by atoms with Gasteiger partial charge >= 0.3 is 0 Å². The molecule has 1 N–H and O–H groups in total. The van der Waals surface area contributed by atoms with Crippen molar-refractivity contribution < 1.29 is 17.9 Å². The molecule has 0 aromatic heterocycles. The first-order valence-corrected chi connectivity index (χ1v) is 10.6. The number of halogens is 1. The van der Waals surface area contributed by atoms with Gasteiger partial charge in [-0.1, -0.05) is 41.4 Å². The molecule has 2 aromatic rings. The molecule has 1 amide bonds. The molecule has 1 fully saturated rings. The Morgan fingerprint density at radius 1 is 1.14 bits per heavy atom. The lowest BCUT2D eigenvalue weighted by molar-refractivity contribution is -0.111. The minimum atomic E-state index is -3.76. The van der Waals surface area contributed by atoms with E-state index in [1.54, 1.807) is 12.1 Å². The molecule has 148 valence electrons. The highest BCUT2D eigenvalue weighted by atomic mass is 35.5. The van der Waals surface area contributed by atoms with Crippen LogP contribution in [0.5, 0.6) is 0 Å². The summed E-state index contributed by atoms with van der Waals surface area (Å²) in [6, 6.07) is 12.2. The molecule has 3 rings (SSSR count). The largest absolute Gasteiger partial charge is 0.379 e. The molecule has 0 spiro atoms. The summed E-state index contributed by atoms with van der Waals surface area (Å²) in [6.07, 6.45) is 3.09. The van der Waals surface area contributed by atoms with Gasteiger partial charge in [0, 0.05) is 24.9 Å². The topological polar surface area (TPSA) is 75.7 Å². The van der Waals surface area contributed by atoms with Crippen LogP contribution in [0.3, 0.4) is 0 Å². The molecule has 0 aliphatic carbocycles. The van der Waals surface area contributed by atoms with E-state index in [2.05, 4.69) is 5.32 Å². The van der Waals surface area contributed by atoms with Gasteiger partial charge in [0.15, 0.2) is 0 Å². The fraction of sp³-hybridized carbons (Fsp3) is 0.250. The number of carbonyl (C=O) groups is 1. The third-order valence-electron chi connectivity index (χ3n) is 4.29. The number of nitrogens with one attached hydrogen (secondary N) is 1. The van der Waals surface area contributed by atoms with E-state index in [1.807, 2.05) is 31.2 Å². The number of ether oxygens (including phenoxy) is 1. The van der Waals surface area contributed by atoms with Crippen LogP contribution in [0.15, 0.2) is 53.4 Å². The van der Waals surface area contributed by atoms with E-state index in [-0.39, 0.29) is 28.9 Å². The van der Waals surface area contributed by atoms with Gasteiger partial charge in [-0.3, -0.25) is 4.79 Å². The normalized spacial score (nSPS) is 15.6. The number of carbonyl (C=O) groups excluding carboxylic acids is 1. The van der Waals surface area contributed by atoms with E-state index in [0.29, 0.717) is 18.9 Å². The van der Waals surface area contributed by atoms with Gasteiger partial charge in [-0.2, -0.15) is 4.31 Å². The number of nitrogens with zero attached hydrogens (tertiary/aromatic N) is 1. The summed E-state index contributed by atoms with van der Waals surface area (Å²) >= 11 is 6.13. The van der Waals surface area contributed by atoms with Crippen molar-refractivity contribution in [1.82, 2.24) is 4.31 Å². The zero-order valence-electron chi connectivity index (χ0n) is 15.4. The summed E-state index contributed by atoms with van der Waals surface area (Å²) in [5, 5.41) is 2.78. The second-order valence-corrected chi connectivity index (χ2v) is 8.71. The Labute approximate surface area is 169 Å². The molecule has 2 aromatic carbocycles. The van der Waals surface area contributed by atoms with Crippen LogP contribution in [0, 0.1) is 6.92 Å². The number of rotatable bonds is 5. The maximum absolute atomic E-state index is 12.8. The van der Waals surface area contributed by atoms with E-state index in [4.69, 9.17) is 16.3 Å². The van der Waals surface area contributed by atoms with Crippen molar-refractivity contribution in [1.29, 1.82) is 0 Å². The van der Waals surface area contributed by atoms with E-state index in [9.17, 15) is 13.2 Å². The Kier molecular flexibility index (Phi) is 6.51. The van der Waals surface area contributed by atoms with Gasteiger partial charge in [0.05, 0.1) is 18.2 Å². The molecule has 1 heterocycles. The Hall–Kier alpha value is -2.19. The molecular weight excluding hydrogens is 400 g/mol. The van der Waals surface area contributed by atoms with Crippen molar-refractivity contribution in [2.75, 3.05) is 31.6 Å². The SMILES string of the molecule is Cc1ccc(/C=C/C(=O)Nc2ccc(Cl)c(S(=O)(=O)N3CCOCC3)c2)cc1. The molecule has 0 saturated carbocycles. The van der Waals surface area contributed by atoms with Gasteiger partial charge in [-0.25, -0.2) is 8.42 Å². The van der Waals surface area contributed by atoms with Crippen molar-refractivity contribution in [2.24, 2.45) is 0 Å². The molecular formula is C20H21ClN2O4S. The molecule has 28 heavy (non-hydrogen) atoms. The molecule has 0 unspecified atom stereocenters. The molecule has 0 atom stereocenters. The maximum Gasteiger partial charge on any atom is 0.248 e. The summed E-state index contributed by atoms with van der Waals surface area (Å²) in [6.45, 7) is 3.22. The standard InChI is InChI=1S/C20H21ClN2O4S/c1-15-2-4-16(5-3-15)6-9-20(24)22-17-7-8-18(21)19(14-17)28(25,26)23-10-12-27-13-11-23/h2-9,14H,10-13H2,1H3,(H,22,24)/b9-6+. The van der Waals surface area contributed by atoms with Crippen LogP contribution in [0.4, 0.5) is 5.69 Å². The number of amides is 1. The van der Waals surface area contributed by atoms with Gasteiger partial charge in [0.2, 0.25) is 15.9 Å². The highest BCUT2D eigenvalue weighted by molar-refractivity contribution is 7.89.